The van der Waals surface area contributed by atoms with E-state index in [0.29, 0.717) is 18.6 Å². The van der Waals surface area contributed by atoms with Crippen LogP contribution >= 0.6 is 0 Å². The van der Waals surface area contributed by atoms with Crippen LogP contribution in [0.4, 0.5) is 0 Å². The van der Waals surface area contributed by atoms with Crippen molar-refractivity contribution in [3.05, 3.63) is 0 Å². The molecule has 0 saturated heterocycles. The van der Waals surface area contributed by atoms with Gasteiger partial charge in [0.1, 0.15) is 0 Å². The fourth-order valence-electron chi connectivity index (χ4n) is 2.86. The van der Waals surface area contributed by atoms with Crippen molar-refractivity contribution in [2.75, 3.05) is 6.61 Å². The molecule has 108 valence electrons. The Bertz CT molecular complexity index is 188. The summed E-state index contributed by atoms with van der Waals surface area (Å²) >= 11 is 0. The first kappa shape index (κ1) is 16.0. The van der Waals surface area contributed by atoms with Gasteiger partial charge in [0.25, 0.3) is 0 Å². The molecular formula is C16H32O2. The Morgan fingerprint density at radius 3 is 2.50 bits per heavy atom. The van der Waals surface area contributed by atoms with Crippen molar-refractivity contribution < 1.29 is 9.84 Å². The van der Waals surface area contributed by atoms with Gasteiger partial charge < -0.3 is 9.84 Å². The summed E-state index contributed by atoms with van der Waals surface area (Å²) in [5, 5.41) is 10.1. The third-order valence-corrected chi connectivity index (χ3v) is 4.21. The minimum Gasteiger partial charge on any atom is -0.390 e. The Morgan fingerprint density at radius 2 is 1.83 bits per heavy atom. The van der Waals surface area contributed by atoms with E-state index in [2.05, 4.69) is 13.8 Å². The van der Waals surface area contributed by atoms with E-state index in [4.69, 9.17) is 4.74 Å². The molecule has 0 heterocycles. The van der Waals surface area contributed by atoms with E-state index < -0.39 is 0 Å². The van der Waals surface area contributed by atoms with Crippen LogP contribution in [0.3, 0.4) is 0 Å². The van der Waals surface area contributed by atoms with Gasteiger partial charge in [-0.2, -0.15) is 0 Å². The second-order valence-electron chi connectivity index (χ2n) is 5.96. The highest BCUT2D eigenvalue weighted by molar-refractivity contribution is 4.73. The summed E-state index contributed by atoms with van der Waals surface area (Å²) in [6.07, 6.45) is 12.7. The van der Waals surface area contributed by atoms with E-state index in [9.17, 15) is 5.11 Å². The first-order valence-electron chi connectivity index (χ1n) is 8.03. The third-order valence-electron chi connectivity index (χ3n) is 4.21. The second-order valence-corrected chi connectivity index (χ2v) is 5.96. The topological polar surface area (TPSA) is 29.5 Å². The van der Waals surface area contributed by atoms with Crippen LogP contribution in [0.25, 0.3) is 0 Å². The zero-order valence-corrected chi connectivity index (χ0v) is 12.4. The van der Waals surface area contributed by atoms with Gasteiger partial charge >= 0.3 is 0 Å². The predicted molar refractivity (Wildman–Crippen MR) is 76.8 cm³/mol. The number of unbranched alkanes of at least 4 members (excludes halogenated alkanes) is 3. The molecule has 0 spiro atoms. The number of hydrogen-bond donors (Lipinski definition) is 1. The van der Waals surface area contributed by atoms with Crippen molar-refractivity contribution in [1.29, 1.82) is 0 Å². The van der Waals surface area contributed by atoms with Crippen LogP contribution in [-0.4, -0.2) is 23.9 Å². The van der Waals surface area contributed by atoms with Gasteiger partial charge in [-0.3, -0.25) is 0 Å². The molecule has 0 amide bonds. The molecule has 0 aromatic rings. The molecule has 1 rings (SSSR count). The van der Waals surface area contributed by atoms with Gasteiger partial charge in [-0.05, 0) is 32.1 Å². The van der Waals surface area contributed by atoms with E-state index in [1.54, 1.807) is 0 Å². The molecule has 2 heteroatoms. The predicted octanol–water partition coefficient (Wildman–Crippen LogP) is 4.30. The fraction of sp³-hybridized carbons (Fsp3) is 1.00. The average molecular weight is 256 g/mol. The summed E-state index contributed by atoms with van der Waals surface area (Å²) in [6.45, 7) is 4.92. The number of hydrogen-bond acceptors (Lipinski definition) is 2. The number of rotatable bonds is 9. The van der Waals surface area contributed by atoms with Crippen LogP contribution < -0.4 is 0 Å². The van der Waals surface area contributed by atoms with E-state index in [1.807, 2.05) is 0 Å². The van der Waals surface area contributed by atoms with Crippen LogP contribution in [0.15, 0.2) is 0 Å². The van der Waals surface area contributed by atoms with Crippen molar-refractivity contribution in [2.24, 2.45) is 5.92 Å². The SMILES string of the molecule is CCCCCCC(C)OCC(O)C1CCCCC1. The lowest BCUT2D eigenvalue weighted by Crippen LogP contribution is -2.29. The number of aliphatic hydroxyl groups excluding tert-OH is 1. The summed E-state index contributed by atoms with van der Waals surface area (Å²) in [7, 11) is 0. The van der Waals surface area contributed by atoms with Gasteiger partial charge in [0.05, 0.1) is 18.8 Å². The molecule has 1 N–H and O–H groups in total. The maximum Gasteiger partial charge on any atom is 0.0801 e. The van der Waals surface area contributed by atoms with Crippen molar-refractivity contribution in [1.82, 2.24) is 0 Å². The molecule has 2 unspecified atom stereocenters. The first-order valence-corrected chi connectivity index (χ1v) is 8.03. The second kappa shape index (κ2) is 9.80. The van der Waals surface area contributed by atoms with Gasteiger partial charge in [0.2, 0.25) is 0 Å². The number of aliphatic hydroxyl groups is 1. The zero-order valence-electron chi connectivity index (χ0n) is 12.4. The summed E-state index contributed by atoms with van der Waals surface area (Å²) in [5.74, 6) is 0.492. The summed E-state index contributed by atoms with van der Waals surface area (Å²) in [4.78, 5) is 0. The quantitative estimate of drug-likeness (QED) is 0.623. The van der Waals surface area contributed by atoms with Crippen molar-refractivity contribution in [3.8, 4) is 0 Å². The molecule has 0 bridgehead atoms. The molecule has 1 aliphatic carbocycles. The summed E-state index contributed by atoms with van der Waals surface area (Å²) in [6, 6.07) is 0. The molecule has 1 fully saturated rings. The van der Waals surface area contributed by atoms with Gasteiger partial charge in [-0.25, -0.2) is 0 Å². The average Bonchev–Trinajstić information content (AvgIpc) is 2.42. The monoisotopic (exact) mass is 256 g/mol. The lowest BCUT2D eigenvalue weighted by Gasteiger charge is -2.27. The molecule has 1 aliphatic rings. The standard InChI is InChI=1S/C16H32O2/c1-3-4-5-7-10-14(2)18-13-16(17)15-11-8-6-9-12-15/h14-17H,3-13H2,1-2H3. The van der Waals surface area contributed by atoms with E-state index in [1.165, 1.54) is 57.8 Å². The lowest BCUT2D eigenvalue weighted by atomic mass is 9.85. The van der Waals surface area contributed by atoms with Crippen LogP contribution in [0.2, 0.25) is 0 Å². The summed E-state index contributed by atoms with van der Waals surface area (Å²) < 4.78 is 5.79. The Hall–Kier alpha value is -0.0800. The molecule has 18 heavy (non-hydrogen) atoms. The molecule has 2 nitrogen and oxygen atoms in total. The Morgan fingerprint density at radius 1 is 1.11 bits per heavy atom. The van der Waals surface area contributed by atoms with Crippen molar-refractivity contribution in [3.63, 3.8) is 0 Å². The summed E-state index contributed by atoms with van der Waals surface area (Å²) in [5.41, 5.74) is 0. The highest BCUT2D eigenvalue weighted by Crippen LogP contribution is 2.26. The van der Waals surface area contributed by atoms with Crippen molar-refractivity contribution >= 4 is 0 Å². The first-order chi connectivity index (χ1) is 8.74. The fourth-order valence-corrected chi connectivity index (χ4v) is 2.86. The van der Waals surface area contributed by atoms with E-state index in [-0.39, 0.29) is 6.10 Å². The highest BCUT2D eigenvalue weighted by Gasteiger charge is 2.22. The van der Waals surface area contributed by atoms with Crippen LogP contribution in [0, 0.1) is 5.92 Å². The Kier molecular flexibility index (Phi) is 8.70. The van der Waals surface area contributed by atoms with Gasteiger partial charge in [-0.15, -0.1) is 0 Å². The lowest BCUT2D eigenvalue weighted by molar-refractivity contribution is -0.0347. The van der Waals surface area contributed by atoms with Crippen LogP contribution in [0.5, 0.6) is 0 Å². The molecule has 0 aromatic carbocycles. The third kappa shape index (κ3) is 6.75. The van der Waals surface area contributed by atoms with Gasteiger partial charge in [0, 0.05) is 0 Å². The van der Waals surface area contributed by atoms with E-state index in [0.717, 1.165) is 6.42 Å². The minimum absolute atomic E-state index is 0.233. The largest absolute Gasteiger partial charge is 0.390 e. The maximum absolute atomic E-state index is 10.1. The molecule has 0 radical (unpaired) electrons. The Balaban J connectivity index is 2.03. The Labute approximate surface area is 113 Å². The van der Waals surface area contributed by atoms with Gasteiger partial charge in [0.15, 0.2) is 0 Å². The molecule has 0 aliphatic heterocycles. The maximum atomic E-state index is 10.1. The molecule has 1 saturated carbocycles. The van der Waals surface area contributed by atoms with E-state index >= 15 is 0 Å². The van der Waals surface area contributed by atoms with Crippen LogP contribution in [-0.2, 0) is 4.74 Å². The zero-order chi connectivity index (χ0) is 13.2. The van der Waals surface area contributed by atoms with Gasteiger partial charge in [-0.1, -0.05) is 51.9 Å². The smallest absolute Gasteiger partial charge is 0.0801 e. The molecule has 0 aromatic heterocycles. The molecule has 2 atom stereocenters. The highest BCUT2D eigenvalue weighted by atomic mass is 16.5. The number of ether oxygens (including phenoxy) is 1. The molecular weight excluding hydrogens is 224 g/mol. The minimum atomic E-state index is -0.233. The van der Waals surface area contributed by atoms with Crippen molar-refractivity contribution in [2.45, 2.75) is 90.3 Å². The normalized spacial score (nSPS) is 20.8. The van der Waals surface area contributed by atoms with Crippen LogP contribution in [0.1, 0.15) is 78.1 Å².